The van der Waals surface area contributed by atoms with Crippen LogP contribution in [-0.4, -0.2) is 0 Å². The van der Waals surface area contributed by atoms with Gasteiger partial charge in [0.05, 0.1) is 0 Å². The van der Waals surface area contributed by atoms with E-state index >= 15 is 4.39 Å². The molecular formula is C29H33F. The molecule has 1 heteroatoms. The Morgan fingerprint density at radius 2 is 1.60 bits per heavy atom. The number of benzene rings is 3. The first-order valence-corrected chi connectivity index (χ1v) is 11.6. The van der Waals surface area contributed by atoms with Gasteiger partial charge in [0.15, 0.2) is 0 Å². The number of fused-ring (bicyclic) bond motifs is 1. The predicted molar refractivity (Wildman–Crippen MR) is 128 cm³/mol. The van der Waals surface area contributed by atoms with E-state index in [1.807, 2.05) is 30.3 Å². The first kappa shape index (κ1) is 20.8. The number of hydrogen-bond donors (Lipinski definition) is 0. The zero-order valence-corrected chi connectivity index (χ0v) is 18.2. The largest absolute Gasteiger partial charge is 0.206 e. The Morgan fingerprint density at radius 1 is 0.900 bits per heavy atom. The molecular weight excluding hydrogens is 367 g/mol. The molecule has 0 spiro atoms. The third-order valence-electron chi connectivity index (χ3n) is 6.98. The summed E-state index contributed by atoms with van der Waals surface area (Å²) in [6.07, 6.45) is 12.6. The minimum absolute atomic E-state index is 0.139. The SMILES string of the molecule is C=Cc1ccc2c(F)c(-c3ccc(CCC4CCC(CCC)CC4)cc3)ccc2c1. The summed E-state index contributed by atoms with van der Waals surface area (Å²) in [5.74, 6) is 1.72. The van der Waals surface area contributed by atoms with E-state index in [0.717, 1.165) is 34.8 Å². The summed E-state index contributed by atoms with van der Waals surface area (Å²) >= 11 is 0. The van der Waals surface area contributed by atoms with Crippen LogP contribution in [-0.2, 0) is 6.42 Å². The second kappa shape index (κ2) is 9.60. The molecule has 3 aromatic rings. The Kier molecular flexibility index (Phi) is 6.67. The van der Waals surface area contributed by atoms with Gasteiger partial charge in [0, 0.05) is 10.9 Å². The third kappa shape index (κ3) is 4.67. The lowest BCUT2D eigenvalue weighted by Crippen LogP contribution is -2.15. The predicted octanol–water partition coefficient (Wildman–Crippen LogP) is 8.83. The number of halogens is 1. The average molecular weight is 401 g/mol. The molecule has 0 radical (unpaired) electrons. The number of hydrogen-bond acceptors (Lipinski definition) is 0. The van der Waals surface area contributed by atoms with Crippen LogP contribution < -0.4 is 0 Å². The van der Waals surface area contributed by atoms with Gasteiger partial charge >= 0.3 is 0 Å². The second-order valence-corrected chi connectivity index (χ2v) is 9.02. The van der Waals surface area contributed by atoms with Crippen molar-refractivity contribution in [3.8, 4) is 11.1 Å². The summed E-state index contributed by atoms with van der Waals surface area (Å²) in [5, 5.41) is 1.58. The van der Waals surface area contributed by atoms with Crippen molar-refractivity contribution in [1.29, 1.82) is 0 Å². The van der Waals surface area contributed by atoms with E-state index in [4.69, 9.17) is 0 Å². The van der Waals surface area contributed by atoms with E-state index in [-0.39, 0.29) is 5.82 Å². The third-order valence-corrected chi connectivity index (χ3v) is 6.98. The highest BCUT2D eigenvalue weighted by Gasteiger charge is 2.20. The molecule has 3 aromatic carbocycles. The minimum Gasteiger partial charge on any atom is -0.206 e. The Bertz CT molecular complexity index is 991. The van der Waals surface area contributed by atoms with Gasteiger partial charge in [-0.05, 0) is 52.8 Å². The maximum atomic E-state index is 15.1. The van der Waals surface area contributed by atoms with Crippen molar-refractivity contribution in [2.75, 3.05) is 0 Å². The highest BCUT2D eigenvalue weighted by Crippen LogP contribution is 2.34. The highest BCUT2D eigenvalue weighted by atomic mass is 19.1. The van der Waals surface area contributed by atoms with Crippen LogP contribution in [0.5, 0.6) is 0 Å². The quantitative estimate of drug-likeness (QED) is 0.371. The molecule has 0 bridgehead atoms. The van der Waals surface area contributed by atoms with Crippen molar-refractivity contribution in [3.63, 3.8) is 0 Å². The molecule has 0 aliphatic heterocycles. The molecule has 0 atom stereocenters. The first-order chi connectivity index (χ1) is 14.7. The van der Waals surface area contributed by atoms with Crippen molar-refractivity contribution in [2.24, 2.45) is 11.8 Å². The molecule has 0 saturated heterocycles. The Hall–Kier alpha value is -2.41. The molecule has 0 heterocycles. The summed E-state index contributed by atoms with van der Waals surface area (Å²) in [6, 6.07) is 18.2. The number of aryl methyl sites for hydroxylation is 1. The van der Waals surface area contributed by atoms with Crippen LogP contribution in [0.2, 0.25) is 0 Å². The van der Waals surface area contributed by atoms with Crippen molar-refractivity contribution >= 4 is 16.8 Å². The van der Waals surface area contributed by atoms with Gasteiger partial charge in [-0.1, -0.05) is 107 Å². The van der Waals surface area contributed by atoms with E-state index in [9.17, 15) is 0 Å². The Morgan fingerprint density at radius 3 is 2.27 bits per heavy atom. The summed E-state index contributed by atoms with van der Waals surface area (Å²) in [5.41, 5.74) is 4.00. The molecule has 156 valence electrons. The fourth-order valence-corrected chi connectivity index (χ4v) is 5.10. The van der Waals surface area contributed by atoms with Crippen molar-refractivity contribution < 1.29 is 4.39 Å². The van der Waals surface area contributed by atoms with E-state index in [1.54, 1.807) is 6.08 Å². The van der Waals surface area contributed by atoms with Gasteiger partial charge in [0.1, 0.15) is 5.82 Å². The second-order valence-electron chi connectivity index (χ2n) is 9.02. The molecule has 30 heavy (non-hydrogen) atoms. The highest BCUT2D eigenvalue weighted by molar-refractivity contribution is 5.89. The van der Waals surface area contributed by atoms with Crippen LogP contribution in [0.25, 0.3) is 28.0 Å². The van der Waals surface area contributed by atoms with Crippen LogP contribution in [0.3, 0.4) is 0 Å². The van der Waals surface area contributed by atoms with Crippen molar-refractivity contribution in [3.05, 3.63) is 78.1 Å². The molecule has 1 fully saturated rings. The van der Waals surface area contributed by atoms with E-state index in [2.05, 4.69) is 37.8 Å². The summed E-state index contributed by atoms with van der Waals surface area (Å²) in [7, 11) is 0. The zero-order chi connectivity index (χ0) is 20.9. The molecule has 0 unspecified atom stereocenters. The average Bonchev–Trinajstić information content (AvgIpc) is 2.79. The number of rotatable bonds is 7. The summed E-state index contributed by atoms with van der Waals surface area (Å²) in [4.78, 5) is 0. The van der Waals surface area contributed by atoms with E-state index in [0.29, 0.717) is 10.9 Å². The molecule has 1 aliphatic rings. The maximum absolute atomic E-state index is 15.1. The van der Waals surface area contributed by atoms with Crippen molar-refractivity contribution in [1.82, 2.24) is 0 Å². The van der Waals surface area contributed by atoms with Gasteiger partial charge in [0.25, 0.3) is 0 Å². The van der Waals surface area contributed by atoms with E-state index < -0.39 is 0 Å². The molecule has 0 amide bonds. The Balaban J connectivity index is 1.41. The fraction of sp³-hybridized carbons (Fsp3) is 0.379. The van der Waals surface area contributed by atoms with Crippen LogP contribution in [0.1, 0.15) is 63.0 Å². The summed E-state index contributed by atoms with van der Waals surface area (Å²) in [6.45, 7) is 6.10. The van der Waals surface area contributed by atoms with Crippen LogP contribution in [0.15, 0.2) is 61.2 Å². The first-order valence-electron chi connectivity index (χ1n) is 11.6. The van der Waals surface area contributed by atoms with Gasteiger partial charge in [-0.25, -0.2) is 4.39 Å². The van der Waals surface area contributed by atoms with Gasteiger partial charge in [-0.2, -0.15) is 0 Å². The fourth-order valence-electron chi connectivity index (χ4n) is 5.10. The van der Waals surface area contributed by atoms with E-state index in [1.165, 1.54) is 50.5 Å². The van der Waals surface area contributed by atoms with Crippen molar-refractivity contribution in [2.45, 2.75) is 58.3 Å². The minimum atomic E-state index is -0.139. The lowest BCUT2D eigenvalue weighted by molar-refractivity contribution is 0.252. The van der Waals surface area contributed by atoms with Crippen LogP contribution in [0, 0.1) is 17.7 Å². The van der Waals surface area contributed by atoms with Gasteiger partial charge in [-0.15, -0.1) is 0 Å². The molecule has 1 aliphatic carbocycles. The topological polar surface area (TPSA) is 0 Å². The molecule has 0 aromatic heterocycles. The van der Waals surface area contributed by atoms with Gasteiger partial charge in [-0.3, -0.25) is 0 Å². The van der Waals surface area contributed by atoms with Crippen LogP contribution in [0.4, 0.5) is 4.39 Å². The van der Waals surface area contributed by atoms with Gasteiger partial charge < -0.3 is 0 Å². The standard InChI is InChI=1S/C29H33F/c1-3-5-22-6-8-23(9-7-22)10-11-24-12-15-25(16-13-24)27-19-17-26-20-21(4-2)14-18-28(26)29(27)30/h4,12-20,22-23H,2-3,5-11H2,1H3. The molecule has 4 rings (SSSR count). The van der Waals surface area contributed by atoms with Crippen LogP contribution >= 0.6 is 0 Å². The monoisotopic (exact) mass is 400 g/mol. The smallest absolute Gasteiger partial charge is 0.138 e. The normalized spacial score (nSPS) is 19.1. The molecule has 0 nitrogen and oxygen atoms in total. The Labute approximate surface area is 180 Å². The maximum Gasteiger partial charge on any atom is 0.138 e. The lowest BCUT2D eigenvalue weighted by atomic mass is 9.78. The lowest BCUT2D eigenvalue weighted by Gasteiger charge is -2.28. The summed E-state index contributed by atoms with van der Waals surface area (Å²) < 4.78 is 15.1. The molecule has 1 saturated carbocycles. The molecule has 0 N–H and O–H groups in total. The van der Waals surface area contributed by atoms with Gasteiger partial charge in [0.2, 0.25) is 0 Å². The zero-order valence-electron chi connectivity index (χ0n) is 18.2.